The Labute approximate surface area is 96.3 Å². The molecule has 1 aromatic heterocycles. The SMILES string of the molecule is O=c1oc2ccc3c(c2o1)Cc1ccccc1-3. The van der Waals surface area contributed by atoms with Crippen LogP contribution >= 0.6 is 0 Å². The van der Waals surface area contributed by atoms with Crippen LogP contribution in [0, 0.1) is 0 Å². The molecule has 0 fully saturated rings. The molecule has 17 heavy (non-hydrogen) atoms. The van der Waals surface area contributed by atoms with Gasteiger partial charge in [0.05, 0.1) is 0 Å². The highest BCUT2D eigenvalue weighted by molar-refractivity contribution is 5.89. The van der Waals surface area contributed by atoms with Crippen LogP contribution in [0.5, 0.6) is 0 Å². The monoisotopic (exact) mass is 224 g/mol. The standard InChI is InChI=1S/C14H8O3/c15-14-16-12-6-5-10-9-4-2-1-3-8(9)7-11(10)13(12)17-14/h1-6H,7H2. The highest BCUT2D eigenvalue weighted by Crippen LogP contribution is 2.39. The summed E-state index contributed by atoms with van der Waals surface area (Å²) in [6.07, 6.45) is 0.797. The third-order valence-electron chi connectivity index (χ3n) is 3.28. The molecule has 2 aromatic carbocycles. The Morgan fingerprint density at radius 3 is 2.76 bits per heavy atom. The molecule has 3 heteroatoms. The minimum Gasteiger partial charge on any atom is -0.391 e. The van der Waals surface area contributed by atoms with E-state index in [9.17, 15) is 4.79 Å². The van der Waals surface area contributed by atoms with Crippen LogP contribution < -0.4 is 5.82 Å². The summed E-state index contributed by atoms with van der Waals surface area (Å²) in [4.78, 5) is 11.1. The summed E-state index contributed by atoms with van der Waals surface area (Å²) >= 11 is 0. The fourth-order valence-electron chi connectivity index (χ4n) is 2.55. The van der Waals surface area contributed by atoms with Crippen LogP contribution in [0.4, 0.5) is 0 Å². The predicted octanol–water partition coefficient (Wildman–Crippen LogP) is 2.96. The molecule has 0 N–H and O–H groups in total. The summed E-state index contributed by atoms with van der Waals surface area (Å²) in [5.41, 5.74) is 5.78. The lowest BCUT2D eigenvalue weighted by Gasteiger charge is -1.98. The zero-order valence-electron chi connectivity index (χ0n) is 8.90. The molecular weight excluding hydrogens is 216 g/mol. The molecule has 0 bridgehead atoms. The third kappa shape index (κ3) is 1.08. The van der Waals surface area contributed by atoms with E-state index in [-0.39, 0.29) is 0 Å². The van der Waals surface area contributed by atoms with Gasteiger partial charge in [-0.15, -0.1) is 0 Å². The van der Waals surface area contributed by atoms with Crippen molar-refractivity contribution in [1.29, 1.82) is 0 Å². The molecule has 3 nitrogen and oxygen atoms in total. The van der Waals surface area contributed by atoms with Gasteiger partial charge >= 0.3 is 5.82 Å². The molecule has 0 atom stereocenters. The van der Waals surface area contributed by atoms with Crippen molar-refractivity contribution in [3.05, 3.63) is 58.1 Å². The second-order valence-corrected chi connectivity index (χ2v) is 4.21. The van der Waals surface area contributed by atoms with E-state index in [4.69, 9.17) is 8.83 Å². The summed E-state index contributed by atoms with van der Waals surface area (Å²) in [7, 11) is 0. The molecule has 0 amide bonds. The zero-order valence-corrected chi connectivity index (χ0v) is 8.90. The van der Waals surface area contributed by atoms with Gasteiger partial charge in [0.1, 0.15) is 0 Å². The lowest BCUT2D eigenvalue weighted by Crippen LogP contribution is -1.85. The Morgan fingerprint density at radius 1 is 0.941 bits per heavy atom. The number of hydrogen-bond acceptors (Lipinski definition) is 3. The van der Waals surface area contributed by atoms with Crippen molar-refractivity contribution < 1.29 is 8.83 Å². The smallest absolute Gasteiger partial charge is 0.391 e. The zero-order chi connectivity index (χ0) is 11.4. The number of benzene rings is 2. The normalized spacial score (nSPS) is 12.7. The first-order chi connectivity index (χ1) is 8.33. The van der Waals surface area contributed by atoms with Gasteiger partial charge in [-0.3, -0.25) is 0 Å². The number of hydrogen-bond donors (Lipinski definition) is 0. The van der Waals surface area contributed by atoms with E-state index < -0.39 is 5.82 Å². The molecule has 3 aromatic rings. The number of rotatable bonds is 0. The van der Waals surface area contributed by atoms with Crippen molar-refractivity contribution in [3.8, 4) is 11.1 Å². The average Bonchev–Trinajstić information content (AvgIpc) is 2.87. The van der Waals surface area contributed by atoms with Crippen molar-refractivity contribution in [2.45, 2.75) is 6.42 Å². The Hall–Kier alpha value is -2.29. The first-order valence-electron chi connectivity index (χ1n) is 5.47. The van der Waals surface area contributed by atoms with Crippen molar-refractivity contribution >= 4 is 11.2 Å². The largest absolute Gasteiger partial charge is 0.519 e. The van der Waals surface area contributed by atoms with Gasteiger partial charge in [0.15, 0.2) is 11.2 Å². The molecule has 0 radical (unpaired) electrons. The summed E-state index contributed by atoms with van der Waals surface area (Å²) in [6, 6.07) is 12.0. The highest BCUT2D eigenvalue weighted by Gasteiger charge is 2.22. The number of fused-ring (bicyclic) bond motifs is 5. The van der Waals surface area contributed by atoms with E-state index in [1.54, 1.807) is 6.07 Å². The Balaban J connectivity index is 2.13. The summed E-state index contributed by atoms with van der Waals surface area (Å²) in [5, 5.41) is 0. The van der Waals surface area contributed by atoms with E-state index in [2.05, 4.69) is 12.1 Å². The van der Waals surface area contributed by atoms with E-state index in [1.165, 1.54) is 11.1 Å². The van der Waals surface area contributed by atoms with Gasteiger partial charge in [0.2, 0.25) is 0 Å². The molecule has 1 aliphatic carbocycles. The lowest BCUT2D eigenvalue weighted by atomic mass is 10.1. The molecule has 4 rings (SSSR count). The molecule has 0 saturated carbocycles. The quantitative estimate of drug-likeness (QED) is 0.461. The van der Waals surface area contributed by atoms with Crippen LogP contribution in [0.1, 0.15) is 11.1 Å². The fourth-order valence-corrected chi connectivity index (χ4v) is 2.55. The summed E-state index contributed by atoms with van der Waals surface area (Å²) in [5.74, 6) is -0.635. The van der Waals surface area contributed by atoms with E-state index in [0.717, 1.165) is 17.5 Å². The molecule has 0 saturated heterocycles. The van der Waals surface area contributed by atoms with Gasteiger partial charge in [-0.2, -0.15) is 0 Å². The van der Waals surface area contributed by atoms with Crippen molar-refractivity contribution in [1.82, 2.24) is 0 Å². The third-order valence-corrected chi connectivity index (χ3v) is 3.28. The maximum absolute atomic E-state index is 11.1. The van der Waals surface area contributed by atoms with Crippen LogP contribution in [0.15, 0.2) is 50.0 Å². The maximum Gasteiger partial charge on any atom is 0.519 e. The molecule has 1 aliphatic rings. The Morgan fingerprint density at radius 2 is 1.82 bits per heavy atom. The van der Waals surface area contributed by atoms with Crippen molar-refractivity contribution in [2.24, 2.45) is 0 Å². The minimum absolute atomic E-state index is 0.529. The van der Waals surface area contributed by atoms with Gasteiger partial charge in [-0.1, -0.05) is 30.3 Å². The van der Waals surface area contributed by atoms with E-state index in [1.807, 2.05) is 18.2 Å². The molecule has 0 aliphatic heterocycles. The second-order valence-electron chi connectivity index (χ2n) is 4.21. The van der Waals surface area contributed by atoms with E-state index >= 15 is 0 Å². The van der Waals surface area contributed by atoms with E-state index in [0.29, 0.717) is 11.2 Å². The van der Waals surface area contributed by atoms with Gasteiger partial charge in [-0.05, 0) is 22.8 Å². The molecule has 0 unspecified atom stereocenters. The highest BCUT2D eigenvalue weighted by atomic mass is 16.6. The van der Waals surface area contributed by atoms with Crippen LogP contribution in [-0.2, 0) is 6.42 Å². The fraction of sp³-hybridized carbons (Fsp3) is 0.0714. The van der Waals surface area contributed by atoms with Crippen LogP contribution in [0.25, 0.3) is 22.3 Å². The van der Waals surface area contributed by atoms with Crippen molar-refractivity contribution in [3.63, 3.8) is 0 Å². The Kier molecular flexibility index (Phi) is 1.50. The van der Waals surface area contributed by atoms with Gasteiger partial charge in [0, 0.05) is 12.0 Å². The molecular formula is C14H8O3. The Bertz CT molecular complexity index is 793. The topological polar surface area (TPSA) is 43.4 Å². The van der Waals surface area contributed by atoms with Gasteiger partial charge in [0.25, 0.3) is 0 Å². The summed E-state index contributed by atoms with van der Waals surface area (Å²) in [6.45, 7) is 0. The van der Waals surface area contributed by atoms with Gasteiger partial charge < -0.3 is 8.83 Å². The molecule has 0 spiro atoms. The molecule has 1 heterocycles. The first kappa shape index (κ1) is 8.82. The first-order valence-corrected chi connectivity index (χ1v) is 5.47. The second kappa shape index (κ2) is 2.88. The molecule has 82 valence electrons. The lowest BCUT2D eigenvalue weighted by molar-refractivity contribution is 0.409. The van der Waals surface area contributed by atoms with Crippen LogP contribution in [0.3, 0.4) is 0 Å². The maximum atomic E-state index is 11.1. The van der Waals surface area contributed by atoms with Gasteiger partial charge in [-0.25, -0.2) is 4.79 Å². The van der Waals surface area contributed by atoms with Crippen LogP contribution in [-0.4, -0.2) is 0 Å². The predicted molar refractivity (Wildman–Crippen MR) is 63.0 cm³/mol. The van der Waals surface area contributed by atoms with Crippen molar-refractivity contribution in [2.75, 3.05) is 0 Å². The van der Waals surface area contributed by atoms with Crippen LogP contribution in [0.2, 0.25) is 0 Å². The minimum atomic E-state index is -0.635. The average molecular weight is 224 g/mol. The summed E-state index contributed by atoms with van der Waals surface area (Å²) < 4.78 is 10.1.